The zero-order valence-electron chi connectivity index (χ0n) is 10.4. The Morgan fingerprint density at radius 1 is 0.647 bits per heavy atom. The summed E-state index contributed by atoms with van der Waals surface area (Å²) in [5.41, 5.74) is 5.26. The number of nitrogens with two attached hydrogens (primary N) is 1. The molecule has 0 amide bonds. The number of aliphatic hydroxyl groups excluding tert-OH is 1. The van der Waals surface area contributed by atoms with Gasteiger partial charge in [0, 0.05) is 19.8 Å². The molecule has 0 aliphatic carbocycles. The predicted molar refractivity (Wildman–Crippen MR) is 64.0 cm³/mol. The summed E-state index contributed by atoms with van der Waals surface area (Å²) in [5, 5.41) is 8.45. The van der Waals surface area contributed by atoms with Crippen molar-refractivity contribution in [3.63, 3.8) is 0 Å². The smallest absolute Gasteiger partial charge is 0.0701 e. The van der Waals surface area contributed by atoms with Crippen molar-refractivity contribution < 1.29 is 24.1 Å². The van der Waals surface area contributed by atoms with E-state index in [1.807, 2.05) is 0 Å². The first kappa shape index (κ1) is 16.8. The van der Waals surface area contributed by atoms with Crippen LogP contribution in [0.1, 0.15) is 6.42 Å². The molecule has 0 aromatic carbocycles. The fourth-order valence-electron chi connectivity index (χ4n) is 1.05. The second-order valence-corrected chi connectivity index (χ2v) is 3.32. The van der Waals surface area contributed by atoms with Crippen molar-refractivity contribution >= 4 is 0 Å². The summed E-state index contributed by atoms with van der Waals surface area (Å²) < 4.78 is 20.8. The van der Waals surface area contributed by atoms with Crippen LogP contribution in [0.5, 0.6) is 0 Å². The first-order valence-corrected chi connectivity index (χ1v) is 6.03. The average Bonchev–Trinajstić information content (AvgIpc) is 2.35. The lowest BCUT2D eigenvalue weighted by molar-refractivity contribution is 0.00968. The van der Waals surface area contributed by atoms with Gasteiger partial charge in [0.2, 0.25) is 0 Å². The van der Waals surface area contributed by atoms with E-state index in [2.05, 4.69) is 0 Å². The second kappa shape index (κ2) is 15.8. The average molecular weight is 251 g/mol. The molecule has 104 valence electrons. The number of hydrogen-bond donors (Lipinski definition) is 2. The van der Waals surface area contributed by atoms with Gasteiger partial charge in [-0.2, -0.15) is 0 Å². The Hall–Kier alpha value is -0.240. The summed E-state index contributed by atoms with van der Waals surface area (Å²) in [6, 6.07) is 0. The maximum Gasteiger partial charge on any atom is 0.0701 e. The molecule has 0 aliphatic rings. The molecule has 0 aromatic heterocycles. The van der Waals surface area contributed by atoms with E-state index in [1.54, 1.807) is 0 Å². The van der Waals surface area contributed by atoms with Crippen molar-refractivity contribution in [2.45, 2.75) is 6.42 Å². The normalized spacial score (nSPS) is 10.9. The number of ether oxygens (including phenoxy) is 4. The topological polar surface area (TPSA) is 83.2 Å². The maximum absolute atomic E-state index is 8.45. The molecular formula is C11H25NO5. The Balaban J connectivity index is 2.85. The number of hydrogen-bond acceptors (Lipinski definition) is 6. The van der Waals surface area contributed by atoms with Crippen molar-refractivity contribution in [3.05, 3.63) is 0 Å². The van der Waals surface area contributed by atoms with Crippen molar-refractivity contribution in [2.75, 3.05) is 66.0 Å². The molecule has 0 saturated heterocycles. The van der Waals surface area contributed by atoms with Crippen molar-refractivity contribution in [1.82, 2.24) is 0 Å². The third-order valence-electron chi connectivity index (χ3n) is 1.82. The molecular weight excluding hydrogens is 226 g/mol. The first-order valence-electron chi connectivity index (χ1n) is 6.03. The van der Waals surface area contributed by atoms with Gasteiger partial charge in [-0.05, 0) is 6.42 Å². The Morgan fingerprint density at radius 2 is 1.12 bits per heavy atom. The van der Waals surface area contributed by atoms with Gasteiger partial charge in [0.1, 0.15) is 0 Å². The van der Waals surface area contributed by atoms with Crippen molar-refractivity contribution in [3.8, 4) is 0 Å². The molecule has 0 aromatic rings. The zero-order valence-corrected chi connectivity index (χ0v) is 10.4. The molecule has 0 heterocycles. The Bertz CT molecular complexity index is 123. The van der Waals surface area contributed by atoms with Crippen LogP contribution in [0.15, 0.2) is 0 Å². The zero-order chi connectivity index (χ0) is 12.6. The minimum Gasteiger partial charge on any atom is -0.394 e. The van der Waals surface area contributed by atoms with Gasteiger partial charge in [-0.1, -0.05) is 0 Å². The highest BCUT2D eigenvalue weighted by molar-refractivity contribution is 4.37. The monoisotopic (exact) mass is 251 g/mol. The van der Waals surface area contributed by atoms with Crippen molar-refractivity contribution in [2.24, 2.45) is 5.73 Å². The lowest BCUT2D eigenvalue weighted by atomic mass is 10.5. The minimum atomic E-state index is 0.0704. The highest BCUT2D eigenvalue weighted by Gasteiger charge is 1.92. The molecule has 3 N–H and O–H groups in total. The van der Waals surface area contributed by atoms with Gasteiger partial charge in [0.25, 0.3) is 0 Å². The largest absolute Gasteiger partial charge is 0.394 e. The predicted octanol–water partition coefficient (Wildman–Crippen LogP) is -0.606. The molecule has 0 unspecified atom stereocenters. The molecule has 0 aliphatic heterocycles. The summed E-state index contributed by atoms with van der Waals surface area (Å²) in [6.07, 6.45) is 0.833. The lowest BCUT2D eigenvalue weighted by Crippen LogP contribution is -2.14. The third-order valence-corrected chi connectivity index (χ3v) is 1.82. The van der Waals surface area contributed by atoms with Crippen LogP contribution in [0.2, 0.25) is 0 Å². The van der Waals surface area contributed by atoms with Crippen LogP contribution in [-0.2, 0) is 18.9 Å². The fourth-order valence-corrected chi connectivity index (χ4v) is 1.05. The molecule has 6 nitrogen and oxygen atoms in total. The van der Waals surface area contributed by atoms with Gasteiger partial charge >= 0.3 is 0 Å². The summed E-state index contributed by atoms with van der Waals surface area (Å²) in [5.74, 6) is 0. The Kier molecular flexibility index (Phi) is 15.5. The van der Waals surface area contributed by atoms with Crippen LogP contribution in [0.4, 0.5) is 0 Å². The Labute approximate surface area is 103 Å². The van der Waals surface area contributed by atoms with Crippen LogP contribution in [0.25, 0.3) is 0 Å². The molecule has 0 saturated carbocycles. The van der Waals surface area contributed by atoms with E-state index < -0.39 is 0 Å². The first-order chi connectivity index (χ1) is 8.41. The standard InChI is InChI=1S/C11H25NO5/c12-2-6-16-9-11-17-10-8-15-5-1-4-14-7-3-13/h13H,1-12H2. The van der Waals surface area contributed by atoms with Gasteiger partial charge in [0.05, 0.1) is 46.2 Å². The molecule has 0 spiro atoms. The third kappa shape index (κ3) is 15.8. The molecule has 0 bridgehead atoms. The van der Waals surface area contributed by atoms with E-state index in [9.17, 15) is 0 Å². The maximum atomic E-state index is 8.45. The van der Waals surface area contributed by atoms with E-state index in [0.717, 1.165) is 6.42 Å². The second-order valence-electron chi connectivity index (χ2n) is 3.32. The summed E-state index contributed by atoms with van der Waals surface area (Å²) in [7, 11) is 0. The molecule has 17 heavy (non-hydrogen) atoms. The SMILES string of the molecule is NCCOCCOCCOCCCOCCO. The quantitative estimate of drug-likeness (QED) is 0.401. The highest BCUT2D eigenvalue weighted by Crippen LogP contribution is 1.86. The van der Waals surface area contributed by atoms with Crippen LogP contribution in [-0.4, -0.2) is 71.1 Å². The fraction of sp³-hybridized carbons (Fsp3) is 1.00. The molecule has 0 radical (unpaired) electrons. The minimum absolute atomic E-state index is 0.0704. The van der Waals surface area contributed by atoms with E-state index in [-0.39, 0.29) is 6.61 Å². The van der Waals surface area contributed by atoms with Crippen molar-refractivity contribution in [1.29, 1.82) is 0 Å². The van der Waals surface area contributed by atoms with E-state index >= 15 is 0 Å². The summed E-state index contributed by atoms with van der Waals surface area (Å²) >= 11 is 0. The van der Waals surface area contributed by atoms with Gasteiger partial charge in [-0.15, -0.1) is 0 Å². The molecule has 0 atom stereocenters. The van der Waals surface area contributed by atoms with Gasteiger partial charge in [0.15, 0.2) is 0 Å². The summed E-state index contributed by atoms with van der Waals surface area (Å²) in [6.45, 7) is 5.16. The van der Waals surface area contributed by atoms with Gasteiger partial charge in [-0.3, -0.25) is 0 Å². The molecule has 6 heteroatoms. The number of aliphatic hydroxyl groups is 1. The Morgan fingerprint density at radius 3 is 1.65 bits per heavy atom. The number of rotatable bonds is 14. The van der Waals surface area contributed by atoms with E-state index in [4.69, 9.17) is 29.8 Å². The van der Waals surface area contributed by atoms with Crippen LogP contribution < -0.4 is 5.73 Å². The van der Waals surface area contributed by atoms with E-state index in [1.165, 1.54) is 0 Å². The highest BCUT2D eigenvalue weighted by atomic mass is 16.5. The van der Waals surface area contributed by atoms with Crippen LogP contribution in [0, 0.1) is 0 Å². The van der Waals surface area contributed by atoms with Gasteiger partial charge in [-0.25, -0.2) is 0 Å². The summed E-state index contributed by atoms with van der Waals surface area (Å²) in [4.78, 5) is 0. The molecule has 0 rings (SSSR count). The van der Waals surface area contributed by atoms with Gasteiger partial charge < -0.3 is 29.8 Å². The lowest BCUT2D eigenvalue weighted by Gasteiger charge is -2.06. The van der Waals surface area contributed by atoms with Crippen LogP contribution in [0.3, 0.4) is 0 Å². The van der Waals surface area contributed by atoms with Crippen LogP contribution >= 0.6 is 0 Å². The molecule has 0 fully saturated rings. The van der Waals surface area contributed by atoms with E-state index in [0.29, 0.717) is 59.4 Å².